The van der Waals surface area contributed by atoms with Crippen LogP contribution in [0.1, 0.15) is 5.56 Å². The van der Waals surface area contributed by atoms with Gasteiger partial charge >= 0.3 is 6.61 Å². The van der Waals surface area contributed by atoms with Crippen molar-refractivity contribution in [2.45, 2.75) is 6.61 Å². The van der Waals surface area contributed by atoms with E-state index in [0.29, 0.717) is 15.9 Å². The normalized spacial score (nSPS) is 14.3. The molecule has 0 fully saturated rings. The van der Waals surface area contributed by atoms with Gasteiger partial charge in [-0.25, -0.2) is 4.99 Å². The van der Waals surface area contributed by atoms with Gasteiger partial charge in [-0.15, -0.1) is 0 Å². The zero-order chi connectivity index (χ0) is 27.2. The minimum absolute atomic E-state index is 0.0500. The standard InChI is InChI=1S/C31H21F2N2O2PS/c32-31(33)37-26-19-11-10-12-22(26)20-28-29(36)35-30(39-28)27(21-34)38(23-13-4-1-5-14-23,24-15-6-2-7-16-24)25-17-8-3-9-18-25/h1-20,31H/b28-20+. The third kappa shape index (κ3) is 5.22. The molecule has 4 nitrogen and oxygen atoms in total. The summed E-state index contributed by atoms with van der Waals surface area (Å²) in [5.74, 6) is -0.590. The van der Waals surface area contributed by atoms with Crippen molar-refractivity contribution in [3.05, 3.63) is 126 Å². The van der Waals surface area contributed by atoms with E-state index in [-0.39, 0.29) is 10.7 Å². The number of aliphatic imine (C=N–C) groups is 1. The van der Waals surface area contributed by atoms with Crippen LogP contribution in [0.2, 0.25) is 0 Å². The second kappa shape index (κ2) is 11.7. The quantitative estimate of drug-likeness (QED) is 0.208. The monoisotopic (exact) mass is 554 g/mol. The number of alkyl halides is 2. The Morgan fingerprint density at radius 3 is 1.79 bits per heavy atom. The molecule has 1 amide bonds. The first-order valence-corrected chi connectivity index (χ1v) is 14.5. The topological polar surface area (TPSA) is 62.5 Å². The third-order valence-electron chi connectivity index (χ3n) is 6.12. The maximum Gasteiger partial charge on any atom is 0.387 e. The van der Waals surface area contributed by atoms with Crippen LogP contribution in [0, 0.1) is 11.3 Å². The minimum Gasteiger partial charge on any atom is -0.434 e. The number of carbonyl (C=O) groups is 1. The average Bonchev–Trinajstić information content (AvgIpc) is 3.33. The lowest BCUT2D eigenvalue weighted by atomic mass is 10.2. The molecule has 0 saturated carbocycles. The van der Waals surface area contributed by atoms with Crippen molar-refractivity contribution in [1.29, 1.82) is 5.26 Å². The molecule has 0 aliphatic carbocycles. The van der Waals surface area contributed by atoms with E-state index in [2.05, 4.69) is 15.8 Å². The van der Waals surface area contributed by atoms with Gasteiger partial charge in [0.05, 0.1) is 10.2 Å². The number of hydrogen-bond acceptors (Lipinski definition) is 4. The summed E-state index contributed by atoms with van der Waals surface area (Å²) in [6.07, 6.45) is 1.48. The summed E-state index contributed by atoms with van der Waals surface area (Å²) in [5, 5.41) is 14.3. The van der Waals surface area contributed by atoms with Crippen molar-refractivity contribution in [1.82, 2.24) is 0 Å². The van der Waals surface area contributed by atoms with E-state index < -0.39 is 19.4 Å². The number of thioether (sulfide) groups is 1. The lowest BCUT2D eigenvalue weighted by molar-refractivity contribution is -0.113. The second-order valence-corrected chi connectivity index (χ2v) is 12.8. The number of ether oxygens (including phenoxy) is 1. The van der Waals surface area contributed by atoms with Gasteiger partial charge in [0.25, 0.3) is 5.91 Å². The highest BCUT2D eigenvalue weighted by Gasteiger charge is 2.35. The van der Waals surface area contributed by atoms with Crippen LogP contribution in [0.3, 0.4) is 0 Å². The van der Waals surface area contributed by atoms with Crippen molar-refractivity contribution < 1.29 is 18.3 Å². The number of para-hydroxylation sites is 1. The van der Waals surface area contributed by atoms with E-state index in [4.69, 9.17) is 0 Å². The summed E-state index contributed by atoms with van der Waals surface area (Å²) < 4.78 is 30.5. The molecular formula is C31H21F2N2O2PS. The summed E-state index contributed by atoms with van der Waals surface area (Å²) >= 11 is 1.07. The molecule has 1 aliphatic heterocycles. The van der Waals surface area contributed by atoms with Gasteiger partial charge in [0.1, 0.15) is 16.9 Å². The van der Waals surface area contributed by atoms with E-state index in [0.717, 1.165) is 27.7 Å². The maximum atomic E-state index is 13.1. The van der Waals surface area contributed by atoms with Crippen molar-refractivity contribution in [2.24, 2.45) is 4.99 Å². The number of carbonyl (C=O) groups excluding carboxylic acids is 1. The Morgan fingerprint density at radius 2 is 1.31 bits per heavy atom. The number of amides is 1. The first-order chi connectivity index (χ1) is 19.0. The number of nitrogens with zero attached hydrogens (tertiary/aromatic N) is 2. The third-order valence-corrected chi connectivity index (χ3v) is 11.5. The molecule has 1 heterocycles. The van der Waals surface area contributed by atoms with Crippen LogP contribution in [-0.2, 0) is 4.79 Å². The van der Waals surface area contributed by atoms with Crippen LogP contribution in [0.15, 0.2) is 125 Å². The lowest BCUT2D eigenvalue weighted by Gasteiger charge is -2.30. The van der Waals surface area contributed by atoms with Crippen LogP contribution in [0.4, 0.5) is 8.78 Å². The fourth-order valence-electron chi connectivity index (χ4n) is 4.51. The van der Waals surface area contributed by atoms with Crippen molar-refractivity contribution >= 4 is 56.9 Å². The molecule has 0 bridgehead atoms. The zero-order valence-corrected chi connectivity index (χ0v) is 22.2. The molecule has 1 aliphatic rings. The van der Waals surface area contributed by atoms with Gasteiger partial charge in [-0.05, 0) is 34.9 Å². The van der Waals surface area contributed by atoms with Crippen molar-refractivity contribution in [3.63, 3.8) is 0 Å². The highest BCUT2D eigenvalue weighted by atomic mass is 32.2. The molecule has 0 aromatic heterocycles. The van der Waals surface area contributed by atoms with Gasteiger partial charge < -0.3 is 4.74 Å². The van der Waals surface area contributed by atoms with Gasteiger partial charge in [-0.2, -0.15) is 14.0 Å². The molecule has 0 N–H and O–H groups in total. The number of benzene rings is 4. The summed E-state index contributed by atoms with van der Waals surface area (Å²) in [5.41, 5.74) is 0.318. The summed E-state index contributed by atoms with van der Waals surface area (Å²) in [6.45, 7) is -5.78. The van der Waals surface area contributed by atoms with Crippen LogP contribution < -0.4 is 20.7 Å². The number of nitriles is 1. The Bertz CT molecular complexity index is 1560. The largest absolute Gasteiger partial charge is 0.434 e. The molecule has 4 aromatic rings. The summed E-state index contributed by atoms with van der Waals surface area (Å²) in [7, 11) is 0. The van der Waals surface area contributed by atoms with Crippen molar-refractivity contribution in [2.75, 3.05) is 0 Å². The first-order valence-electron chi connectivity index (χ1n) is 11.9. The number of hydrogen-bond donors (Lipinski definition) is 0. The highest BCUT2D eigenvalue weighted by molar-refractivity contribution is 8.22. The molecule has 4 aromatic carbocycles. The van der Waals surface area contributed by atoms with Gasteiger partial charge in [0.15, 0.2) is 0 Å². The molecule has 0 saturated heterocycles. The smallest absolute Gasteiger partial charge is 0.387 e. The van der Waals surface area contributed by atoms with Gasteiger partial charge in [-0.3, -0.25) is 4.79 Å². The summed E-state index contributed by atoms with van der Waals surface area (Å²) in [4.78, 5) is 17.6. The van der Waals surface area contributed by atoms with E-state index in [1.165, 1.54) is 12.1 Å². The van der Waals surface area contributed by atoms with E-state index in [1.54, 1.807) is 18.2 Å². The SMILES string of the molecule is N#CC(C1=NC(=O)/C(=C\c2ccccc2OC(F)F)S1)=P(c1ccccc1)(c1ccccc1)c1ccccc1. The molecular weight excluding hydrogens is 533 g/mol. The van der Waals surface area contributed by atoms with Crippen LogP contribution in [-0.4, -0.2) is 22.9 Å². The molecule has 0 radical (unpaired) electrons. The minimum atomic E-state index is -3.00. The number of rotatable bonds is 7. The first kappa shape index (κ1) is 26.4. The maximum absolute atomic E-state index is 13.1. The molecule has 39 heavy (non-hydrogen) atoms. The lowest BCUT2D eigenvalue weighted by Crippen LogP contribution is -2.32. The zero-order valence-electron chi connectivity index (χ0n) is 20.4. The Labute approximate surface area is 229 Å². The molecule has 0 spiro atoms. The average molecular weight is 555 g/mol. The fourth-order valence-corrected chi connectivity index (χ4v) is 9.87. The second-order valence-electron chi connectivity index (χ2n) is 8.39. The predicted octanol–water partition coefficient (Wildman–Crippen LogP) is 5.99. The molecule has 0 unspecified atom stereocenters. The summed E-state index contributed by atoms with van der Waals surface area (Å²) in [6, 6.07) is 38.1. The molecule has 8 heteroatoms. The molecule has 0 atom stereocenters. The number of halogens is 2. The van der Waals surface area contributed by atoms with Gasteiger partial charge in [0.2, 0.25) is 0 Å². The van der Waals surface area contributed by atoms with Gasteiger partial charge in [-0.1, -0.05) is 121 Å². The fraction of sp³-hybridized carbons (Fsp3) is 0.0323. The van der Waals surface area contributed by atoms with Crippen molar-refractivity contribution in [3.8, 4) is 11.8 Å². The highest BCUT2D eigenvalue weighted by Crippen LogP contribution is 2.48. The Balaban J connectivity index is 1.75. The van der Waals surface area contributed by atoms with Crippen LogP contribution in [0.25, 0.3) is 6.08 Å². The van der Waals surface area contributed by atoms with Gasteiger partial charge in [0, 0.05) is 5.56 Å². The van der Waals surface area contributed by atoms with E-state index in [1.807, 2.05) is 91.0 Å². The van der Waals surface area contributed by atoms with E-state index in [9.17, 15) is 18.8 Å². The predicted molar refractivity (Wildman–Crippen MR) is 157 cm³/mol. The Hall–Kier alpha value is -4.24. The molecule has 5 rings (SSSR count). The van der Waals surface area contributed by atoms with Crippen LogP contribution >= 0.6 is 18.6 Å². The molecule has 192 valence electrons. The van der Waals surface area contributed by atoms with E-state index >= 15 is 0 Å². The van der Waals surface area contributed by atoms with Crippen LogP contribution in [0.5, 0.6) is 5.75 Å². The Morgan fingerprint density at radius 1 is 0.821 bits per heavy atom. The Kier molecular flexibility index (Phi) is 7.88.